The van der Waals surface area contributed by atoms with Crippen LogP contribution in [0.1, 0.15) is 53.4 Å². The Balaban J connectivity index is 3.83. The number of rotatable bonds is 6. The minimum Gasteiger partial charge on any atom is -0.300 e. The van der Waals surface area contributed by atoms with E-state index >= 15 is 0 Å². The molecule has 0 spiro atoms. The molecule has 0 radical (unpaired) electrons. The molecule has 72 valence electrons. The lowest BCUT2D eigenvalue weighted by atomic mass is 9.85. The third kappa shape index (κ3) is 3.89. The molecule has 1 heteroatoms. The molecule has 0 bridgehead atoms. The van der Waals surface area contributed by atoms with Crippen LogP contribution in [0.15, 0.2) is 0 Å². The molecule has 0 aliphatic rings. The van der Waals surface area contributed by atoms with Crippen LogP contribution in [0.3, 0.4) is 0 Å². The van der Waals surface area contributed by atoms with Gasteiger partial charge in [0.1, 0.15) is 5.78 Å². The van der Waals surface area contributed by atoms with Crippen LogP contribution < -0.4 is 0 Å². The predicted molar refractivity (Wildman–Crippen MR) is 53.2 cm³/mol. The first-order valence-corrected chi connectivity index (χ1v) is 5.17. The molecule has 0 aromatic rings. The van der Waals surface area contributed by atoms with E-state index in [4.69, 9.17) is 0 Å². The van der Waals surface area contributed by atoms with Gasteiger partial charge in [-0.05, 0) is 11.8 Å². The van der Waals surface area contributed by atoms with E-state index in [1.54, 1.807) is 0 Å². The number of Topliss-reactive ketones (excluding diaryl/α,β-unsaturated/α-hetero) is 1. The third-order valence-corrected chi connectivity index (χ3v) is 2.80. The lowest BCUT2D eigenvalue weighted by Crippen LogP contribution is -2.14. The Labute approximate surface area is 76.6 Å². The largest absolute Gasteiger partial charge is 0.300 e. The molecular weight excluding hydrogens is 148 g/mol. The van der Waals surface area contributed by atoms with Crippen LogP contribution in [-0.4, -0.2) is 5.78 Å². The first-order valence-electron chi connectivity index (χ1n) is 5.17. The third-order valence-electron chi connectivity index (χ3n) is 2.80. The molecular formula is C11H22O. The molecule has 0 aromatic heterocycles. The fraction of sp³-hybridized carbons (Fsp3) is 0.909. The van der Waals surface area contributed by atoms with Gasteiger partial charge >= 0.3 is 0 Å². The molecule has 0 N–H and O–H groups in total. The second-order valence-electron chi connectivity index (χ2n) is 3.65. The van der Waals surface area contributed by atoms with Gasteiger partial charge in [0.15, 0.2) is 0 Å². The van der Waals surface area contributed by atoms with Crippen molar-refractivity contribution in [3.8, 4) is 0 Å². The number of hydrogen-bond donors (Lipinski definition) is 0. The minimum atomic E-state index is 0.411. The number of carbonyl (C=O) groups is 1. The summed E-state index contributed by atoms with van der Waals surface area (Å²) in [7, 11) is 0. The van der Waals surface area contributed by atoms with Gasteiger partial charge in [-0.15, -0.1) is 0 Å². The van der Waals surface area contributed by atoms with Crippen LogP contribution >= 0.6 is 0 Å². The summed E-state index contributed by atoms with van der Waals surface area (Å²) >= 11 is 0. The molecule has 0 aliphatic heterocycles. The van der Waals surface area contributed by atoms with E-state index in [2.05, 4.69) is 20.8 Å². The monoisotopic (exact) mass is 170 g/mol. The SMILES string of the molecule is CCC(=O)CC(C)C(CC)CC. The molecule has 0 amide bonds. The van der Waals surface area contributed by atoms with Crippen molar-refractivity contribution < 1.29 is 4.79 Å². The standard InChI is InChI=1S/C11H22O/c1-5-10(6-2)9(4)8-11(12)7-3/h9-10H,5-8H2,1-4H3. The second-order valence-corrected chi connectivity index (χ2v) is 3.65. The molecule has 1 unspecified atom stereocenters. The zero-order valence-electron chi connectivity index (χ0n) is 8.89. The van der Waals surface area contributed by atoms with E-state index in [9.17, 15) is 4.79 Å². The summed E-state index contributed by atoms with van der Waals surface area (Å²) in [6, 6.07) is 0. The maximum Gasteiger partial charge on any atom is 0.132 e. The fourth-order valence-electron chi connectivity index (χ4n) is 1.76. The van der Waals surface area contributed by atoms with E-state index < -0.39 is 0 Å². The number of hydrogen-bond acceptors (Lipinski definition) is 1. The minimum absolute atomic E-state index is 0.411. The van der Waals surface area contributed by atoms with E-state index in [1.807, 2.05) is 6.92 Å². The summed E-state index contributed by atoms with van der Waals surface area (Å²) in [6.07, 6.45) is 3.89. The highest BCUT2D eigenvalue weighted by Crippen LogP contribution is 2.22. The number of ketones is 1. The van der Waals surface area contributed by atoms with Crippen molar-refractivity contribution in [2.45, 2.75) is 53.4 Å². The van der Waals surface area contributed by atoms with Crippen molar-refractivity contribution in [2.75, 3.05) is 0 Å². The highest BCUT2D eigenvalue weighted by Gasteiger charge is 2.15. The van der Waals surface area contributed by atoms with Crippen LogP contribution in [0.2, 0.25) is 0 Å². The van der Waals surface area contributed by atoms with Crippen molar-refractivity contribution >= 4 is 5.78 Å². The normalized spacial score (nSPS) is 13.4. The zero-order valence-corrected chi connectivity index (χ0v) is 8.89. The van der Waals surface area contributed by atoms with Gasteiger partial charge < -0.3 is 0 Å². The Morgan fingerprint density at radius 2 is 1.67 bits per heavy atom. The zero-order chi connectivity index (χ0) is 9.56. The Morgan fingerprint density at radius 1 is 1.17 bits per heavy atom. The molecule has 0 saturated carbocycles. The second kappa shape index (κ2) is 6.22. The molecule has 1 atom stereocenters. The molecule has 12 heavy (non-hydrogen) atoms. The molecule has 1 nitrogen and oxygen atoms in total. The summed E-state index contributed by atoms with van der Waals surface area (Å²) in [4.78, 5) is 11.2. The lowest BCUT2D eigenvalue weighted by Gasteiger charge is -2.19. The maximum atomic E-state index is 11.2. The van der Waals surface area contributed by atoms with Crippen molar-refractivity contribution in [1.82, 2.24) is 0 Å². The number of carbonyl (C=O) groups excluding carboxylic acids is 1. The Bertz CT molecular complexity index is 125. The van der Waals surface area contributed by atoms with Gasteiger partial charge in [0.05, 0.1) is 0 Å². The van der Waals surface area contributed by atoms with Crippen molar-refractivity contribution in [3.63, 3.8) is 0 Å². The Hall–Kier alpha value is -0.330. The van der Waals surface area contributed by atoms with Gasteiger partial charge in [0.2, 0.25) is 0 Å². The van der Waals surface area contributed by atoms with Crippen molar-refractivity contribution in [2.24, 2.45) is 11.8 Å². The predicted octanol–water partition coefficient (Wildman–Crippen LogP) is 3.43. The van der Waals surface area contributed by atoms with E-state index in [0.717, 1.165) is 12.3 Å². The van der Waals surface area contributed by atoms with E-state index in [1.165, 1.54) is 12.8 Å². The molecule has 0 saturated heterocycles. The first-order chi connectivity index (χ1) is 5.65. The topological polar surface area (TPSA) is 17.1 Å². The summed E-state index contributed by atoms with van der Waals surface area (Å²) in [5.74, 6) is 1.72. The van der Waals surface area contributed by atoms with Gasteiger partial charge in [-0.3, -0.25) is 4.79 Å². The van der Waals surface area contributed by atoms with Crippen LogP contribution in [0, 0.1) is 11.8 Å². The van der Waals surface area contributed by atoms with Gasteiger partial charge in [-0.1, -0.05) is 40.5 Å². The Kier molecular flexibility index (Phi) is 6.04. The summed E-state index contributed by atoms with van der Waals surface area (Å²) in [5, 5.41) is 0. The van der Waals surface area contributed by atoms with Gasteiger partial charge in [0, 0.05) is 12.8 Å². The molecule has 0 heterocycles. The fourth-order valence-corrected chi connectivity index (χ4v) is 1.76. The molecule has 0 aromatic carbocycles. The van der Waals surface area contributed by atoms with Gasteiger partial charge in [0.25, 0.3) is 0 Å². The van der Waals surface area contributed by atoms with E-state index in [-0.39, 0.29) is 0 Å². The van der Waals surface area contributed by atoms with Crippen LogP contribution in [0.4, 0.5) is 0 Å². The summed E-state index contributed by atoms with van der Waals surface area (Å²) in [6.45, 7) is 8.56. The highest BCUT2D eigenvalue weighted by atomic mass is 16.1. The van der Waals surface area contributed by atoms with Crippen LogP contribution in [0.25, 0.3) is 0 Å². The van der Waals surface area contributed by atoms with Crippen LogP contribution in [-0.2, 0) is 4.79 Å². The highest BCUT2D eigenvalue weighted by molar-refractivity contribution is 5.78. The smallest absolute Gasteiger partial charge is 0.132 e. The molecule has 0 fully saturated rings. The first kappa shape index (κ1) is 11.7. The summed E-state index contributed by atoms with van der Waals surface area (Å²) < 4.78 is 0. The van der Waals surface area contributed by atoms with Gasteiger partial charge in [-0.2, -0.15) is 0 Å². The van der Waals surface area contributed by atoms with Crippen LogP contribution in [0.5, 0.6) is 0 Å². The maximum absolute atomic E-state index is 11.2. The molecule has 0 rings (SSSR count). The average Bonchev–Trinajstić information content (AvgIpc) is 2.06. The quantitative estimate of drug-likeness (QED) is 0.597. The van der Waals surface area contributed by atoms with Crippen molar-refractivity contribution in [3.05, 3.63) is 0 Å². The van der Waals surface area contributed by atoms with Gasteiger partial charge in [-0.25, -0.2) is 0 Å². The van der Waals surface area contributed by atoms with E-state index in [0.29, 0.717) is 18.1 Å². The Morgan fingerprint density at radius 3 is 2.00 bits per heavy atom. The molecule has 0 aliphatic carbocycles. The summed E-state index contributed by atoms with van der Waals surface area (Å²) in [5.41, 5.74) is 0. The van der Waals surface area contributed by atoms with Crippen molar-refractivity contribution in [1.29, 1.82) is 0 Å². The lowest BCUT2D eigenvalue weighted by molar-refractivity contribution is -0.119. The average molecular weight is 170 g/mol.